The average molecular weight is 193 g/mol. The maximum atomic E-state index is 10.1. The summed E-state index contributed by atoms with van der Waals surface area (Å²) in [6.07, 6.45) is 0.608. The number of nitrogens with one attached hydrogen (secondary N) is 1. The molecule has 0 aliphatic heterocycles. The number of carboxylic acids is 1. The number of hydrogen-bond donors (Lipinski definition) is 2. The fourth-order valence-electron chi connectivity index (χ4n) is 1.11. The van der Waals surface area contributed by atoms with Crippen molar-refractivity contribution in [3.8, 4) is 0 Å². The van der Waals surface area contributed by atoms with Crippen molar-refractivity contribution in [2.75, 3.05) is 17.6 Å². The Morgan fingerprint density at radius 3 is 2.79 bits per heavy atom. The molecule has 0 aromatic heterocycles. The predicted molar refractivity (Wildman–Crippen MR) is 53.6 cm³/mol. The third-order valence-corrected chi connectivity index (χ3v) is 1.83. The number of carboxylic acid groups (broad SMARTS) is 1. The quantitative estimate of drug-likeness (QED) is 0.517. The summed E-state index contributed by atoms with van der Waals surface area (Å²) in [5.74, 6) is -1.02. The molecule has 0 bridgehead atoms. The highest BCUT2D eigenvalue weighted by molar-refractivity contribution is 5.66. The third-order valence-electron chi connectivity index (χ3n) is 1.83. The maximum Gasteiger partial charge on any atom is 0.0573 e. The van der Waals surface area contributed by atoms with E-state index in [0.717, 1.165) is 5.69 Å². The molecule has 0 fully saturated rings. The highest BCUT2D eigenvalue weighted by Gasteiger charge is 1.95. The van der Waals surface area contributed by atoms with Crippen molar-refractivity contribution >= 4 is 17.3 Å². The van der Waals surface area contributed by atoms with Gasteiger partial charge in [0.25, 0.3) is 0 Å². The van der Waals surface area contributed by atoms with E-state index in [9.17, 15) is 9.90 Å². The molecule has 14 heavy (non-hydrogen) atoms. The fraction of sp³-hybridized carbons (Fsp3) is 0.300. The Balaban J connectivity index is 2.31. The van der Waals surface area contributed by atoms with Gasteiger partial charge in [0.05, 0.1) is 11.4 Å². The smallest absolute Gasteiger partial charge is 0.0573 e. The van der Waals surface area contributed by atoms with Crippen LogP contribution in [0.1, 0.15) is 12.8 Å². The van der Waals surface area contributed by atoms with Crippen molar-refractivity contribution in [3.63, 3.8) is 0 Å². The van der Waals surface area contributed by atoms with E-state index in [-0.39, 0.29) is 6.42 Å². The molecule has 0 aliphatic carbocycles. The minimum Gasteiger partial charge on any atom is -0.550 e. The number of nitrogen functional groups attached to an aromatic ring is 1. The van der Waals surface area contributed by atoms with Crippen LogP contribution < -0.4 is 16.2 Å². The van der Waals surface area contributed by atoms with Crippen LogP contribution in [0.4, 0.5) is 11.4 Å². The third kappa shape index (κ3) is 3.35. The molecule has 4 heteroatoms. The summed E-state index contributed by atoms with van der Waals surface area (Å²) in [7, 11) is 0. The Morgan fingerprint density at radius 1 is 1.43 bits per heavy atom. The Labute approximate surface area is 82.7 Å². The van der Waals surface area contributed by atoms with Gasteiger partial charge in [0.1, 0.15) is 0 Å². The molecule has 76 valence electrons. The number of carbonyl (C=O) groups is 1. The van der Waals surface area contributed by atoms with E-state index in [2.05, 4.69) is 5.32 Å². The average Bonchev–Trinajstić information content (AvgIpc) is 2.15. The van der Waals surface area contributed by atoms with Gasteiger partial charge in [-0.05, 0) is 25.0 Å². The zero-order valence-electron chi connectivity index (χ0n) is 7.82. The van der Waals surface area contributed by atoms with E-state index in [1.54, 1.807) is 6.07 Å². The summed E-state index contributed by atoms with van der Waals surface area (Å²) < 4.78 is 0. The first-order valence-electron chi connectivity index (χ1n) is 4.48. The van der Waals surface area contributed by atoms with E-state index in [1.807, 2.05) is 18.2 Å². The minimum absolute atomic E-state index is 0.0692. The highest BCUT2D eigenvalue weighted by Crippen LogP contribution is 2.16. The van der Waals surface area contributed by atoms with Crippen LogP contribution in [-0.2, 0) is 4.79 Å². The van der Waals surface area contributed by atoms with Gasteiger partial charge in [0.15, 0.2) is 0 Å². The summed E-state index contributed by atoms with van der Waals surface area (Å²) in [6.45, 7) is 0.586. The summed E-state index contributed by atoms with van der Waals surface area (Å²) in [5.41, 5.74) is 7.18. The summed E-state index contributed by atoms with van der Waals surface area (Å²) in [6, 6.07) is 7.37. The number of anilines is 2. The van der Waals surface area contributed by atoms with Crippen molar-refractivity contribution in [3.05, 3.63) is 24.3 Å². The lowest BCUT2D eigenvalue weighted by atomic mass is 10.2. The Kier molecular flexibility index (Phi) is 3.79. The first-order chi connectivity index (χ1) is 6.70. The molecule has 0 radical (unpaired) electrons. The molecule has 0 amide bonds. The van der Waals surface area contributed by atoms with Gasteiger partial charge < -0.3 is 21.0 Å². The van der Waals surface area contributed by atoms with Crippen molar-refractivity contribution in [1.82, 2.24) is 0 Å². The first kappa shape index (κ1) is 10.4. The van der Waals surface area contributed by atoms with Crippen molar-refractivity contribution in [2.24, 2.45) is 0 Å². The second kappa shape index (κ2) is 5.11. The topological polar surface area (TPSA) is 78.2 Å². The molecule has 0 unspecified atom stereocenters. The lowest BCUT2D eigenvalue weighted by molar-refractivity contribution is -0.305. The second-order valence-electron chi connectivity index (χ2n) is 2.99. The van der Waals surface area contributed by atoms with Crippen LogP contribution in [-0.4, -0.2) is 12.5 Å². The number of benzene rings is 1. The van der Waals surface area contributed by atoms with E-state index in [4.69, 9.17) is 5.73 Å². The largest absolute Gasteiger partial charge is 0.550 e. The Morgan fingerprint density at radius 2 is 2.14 bits per heavy atom. The number of aliphatic carboxylic acids is 1. The number of rotatable bonds is 5. The molecule has 0 saturated carbocycles. The van der Waals surface area contributed by atoms with Crippen LogP contribution in [0.25, 0.3) is 0 Å². The van der Waals surface area contributed by atoms with Crippen molar-refractivity contribution in [2.45, 2.75) is 12.8 Å². The van der Waals surface area contributed by atoms with E-state index >= 15 is 0 Å². The fourth-order valence-corrected chi connectivity index (χ4v) is 1.11. The minimum atomic E-state index is -1.02. The molecule has 1 aromatic rings. The summed E-state index contributed by atoms with van der Waals surface area (Å²) in [4.78, 5) is 10.1. The molecule has 0 saturated heterocycles. The molecule has 0 atom stereocenters. The number of para-hydroxylation sites is 2. The Bertz CT molecular complexity index is 313. The van der Waals surface area contributed by atoms with Crippen LogP contribution in [0.2, 0.25) is 0 Å². The van der Waals surface area contributed by atoms with Crippen LogP contribution >= 0.6 is 0 Å². The number of hydrogen-bond acceptors (Lipinski definition) is 4. The van der Waals surface area contributed by atoms with Crippen molar-refractivity contribution in [1.29, 1.82) is 0 Å². The molecular weight excluding hydrogens is 180 g/mol. The molecule has 3 N–H and O–H groups in total. The zero-order chi connectivity index (χ0) is 10.4. The van der Waals surface area contributed by atoms with Gasteiger partial charge in [0, 0.05) is 12.5 Å². The van der Waals surface area contributed by atoms with Gasteiger partial charge in [-0.25, -0.2) is 0 Å². The van der Waals surface area contributed by atoms with E-state index in [0.29, 0.717) is 18.7 Å². The van der Waals surface area contributed by atoms with E-state index < -0.39 is 5.97 Å². The molecule has 1 rings (SSSR count). The Hall–Kier alpha value is -1.71. The van der Waals surface area contributed by atoms with Gasteiger partial charge in [-0.3, -0.25) is 0 Å². The summed E-state index contributed by atoms with van der Waals surface area (Å²) in [5, 5.41) is 13.2. The first-order valence-corrected chi connectivity index (χ1v) is 4.48. The monoisotopic (exact) mass is 193 g/mol. The van der Waals surface area contributed by atoms with Crippen LogP contribution in [0, 0.1) is 0 Å². The van der Waals surface area contributed by atoms with Gasteiger partial charge in [-0.15, -0.1) is 0 Å². The second-order valence-corrected chi connectivity index (χ2v) is 2.99. The van der Waals surface area contributed by atoms with Crippen LogP contribution in [0.15, 0.2) is 24.3 Å². The van der Waals surface area contributed by atoms with Crippen LogP contribution in [0.5, 0.6) is 0 Å². The van der Waals surface area contributed by atoms with Crippen molar-refractivity contribution < 1.29 is 9.90 Å². The van der Waals surface area contributed by atoms with Gasteiger partial charge >= 0.3 is 0 Å². The molecule has 4 nitrogen and oxygen atoms in total. The molecule has 0 spiro atoms. The summed E-state index contributed by atoms with van der Waals surface area (Å²) >= 11 is 0. The SMILES string of the molecule is Nc1ccccc1NCCCC(=O)[O-]. The predicted octanol–water partition coefficient (Wildman–Crippen LogP) is 0.211. The van der Waals surface area contributed by atoms with E-state index in [1.165, 1.54) is 0 Å². The maximum absolute atomic E-state index is 10.1. The highest BCUT2D eigenvalue weighted by atomic mass is 16.4. The number of carbonyl (C=O) groups excluding carboxylic acids is 1. The number of nitrogens with two attached hydrogens (primary N) is 1. The van der Waals surface area contributed by atoms with Gasteiger partial charge in [-0.1, -0.05) is 12.1 Å². The molecule has 1 aromatic carbocycles. The van der Waals surface area contributed by atoms with Crippen LogP contribution in [0.3, 0.4) is 0 Å². The standard InChI is InChI=1S/C10H14N2O2/c11-8-4-1-2-5-9(8)12-7-3-6-10(13)14/h1-2,4-5,12H,3,6-7,11H2,(H,13,14)/p-1. The lowest BCUT2D eigenvalue weighted by Crippen LogP contribution is -2.22. The molecule has 0 heterocycles. The van der Waals surface area contributed by atoms with Gasteiger partial charge in [-0.2, -0.15) is 0 Å². The lowest BCUT2D eigenvalue weighted by Gasteiger charge is -2.08. The molecule has 0 aliphatic rings. The zero-order valence-corrected chi connectivity index (χ0v) is 7.82. The van der Waals surface area contributed by atoms with Gasteiger partial charge in [0.2, 0.25) is 0 Å². The molecular formula is C10H13N2O2-. The normalized spacial score (nSPS) is 9.71.